The van der Waals surface area contributed by atoms with Gasteiger partial charge in [0.05, 0.1) is 0 Å². The summed E-state index contributed by atoms with van der Waals surface area (Å²) >= 11 is 1.72. The Hall–Kier alpha value is -2.72. The van der Waals surface area contributed by atoms with E-state index >= 15 is 0 Å². The summed E-state index contributed by atoms with van der Waals surface area (Å²) in [6.07, 6.45) is 4.29. The Bertz CT molecular complexity index is 1460. The second kappa shape index (κ2) is 7.51. The Morgan fingerprint density at radius 2 is 1.50 bits per heavy atom. The van der Waals surface area contributed by atoms with Crippen LogP contribution < -0.4 is 11.1 Å². The molecule has 30 heavy (non-hydrogen) atoms. The van der Waals surface area contributed by atoms with E-state index in [9.17, 15) is 9.59 Å². The maximum absolute atomic E-state index is 13.4. The predicted molar refractivity (Wildman–Crippen MR) is 129 cm³/mol. The monoisotopic (exact) mass is 415 g/mol. The van der Waals surface area contributed by atoms with Crippen LogP contribution in [0.4, 0.5) is 0 Å². The summed E-state index contributed by atoms with van der Waals surface area (Å²) in [7, 11) is 0. The molecule has 0 radical (unpaired) electrons. The Morgan fingerprint density at radius 1 is 0.800 bits per heavy atom. The van der Waals surface area contributed by atoms with E-state index in [1.165, 1.54) is 14.7 Å². The summed E-state index contributed by atoms with van der Waals surface area (Å²) in [4.78, 5) is 26.8. The van der Waals surface area contributed by atoms with Crippen molar-refractivity contribution in [2.45, 2.75) is 46.1 Å². The van der Waals surface area contributed by atoms with Crippen LogP contribution in [0.2, 0.25) is 0 Å². The number of nitrogens with zero attached hydrogens (tertiary/aromatic N) is 1. The highest BCUT2D eigenvalue weighted by molar-refractivity contribution is 7.25. The number of aromatic nitrogens is 1. The molecule has 0 fully saturated rings. The van der Waals surface area contributed by atoms with E-state index in [2.05, 4.69) is 32.0 Å². The van der Waals surface area contributed by atoms with Crippen molar-refractivity contribution in [3.05, 3.63) is 69.2 Å². The number of unbranched alkanes of at least 4 members (excludes halogenated alkanes) is 1. The van der Waals surface area contributed by atoms with Crippen molar-refractivity contribution in [2.75, 3.05) is 0 Å². The number of benzene rings is 3. The highest BCUT2D eigenvalue weighted by Crippen LogP contribution is 2.39. The molecule has 0 saturated heterocycles. The Labute approximate surface area is 178 Å². The molecule has 0 N–H and O–H groups in total. The van der Waals surface area contributed by atoms with Gasteiger partial charge in [-0.3, -0.25) is 14.2 Å². The molecule has 0 bridgehead atoms. The molecule has 2 aromatic heterocycles. The molecule has 5 aromatic rings. The van der Waals surface area contributed by atoms with Crippen molar-refractivity contribution >= 4 is 53.1 Å². The van der Waals surface area contributed by atoms with Crippen molar-refractivity contribution in [3.63, 3.8) is 0 Å². The Kier molecular flexibility index (Phi) is 4.82. The van der Waals surface area contributed by atoms with Crippen molar-refractivity contribution in [3.8, 4) is 0 Å². The van der Waals surface area contributed by atoms with Crippen LogP contribution in [0, 0.1) is 5.92 Å². The van der Waals surface area contributed by atoms with Gasteiger partial charge in [-0.15, -0.1) is 11.3 Å². The molecule has 0 spiro atoms. The van der Waals surface area contributed by atoms with Gasteiger partial charge in [0.15, 0.2) is 0 Å². The third-order valence-corrected chi connectivity index (χ3v) is 7.59. The van der Waals surface area contributed by atoms with Gasteiger partial charge in [0.1, 0.15) is 0 Å². The van der Waals surface area contributed by atoms with E-state index in [0.717, 1.165) is 46.5 Å². The molecule has 3 aromatic carbocycles. The fraction of sp³-hybridized carbons (Fsp3) is 0.308. The quantitative estimate of drug-likeness (QED) is 0.233. The molecule has 1 atom stereocenters. The molecule has 152 valence electrons. The second-order valence-corrected chi connectivity index (χ2v) is 9.34. The first-order valence-corrected chi connectivity index (χ1v) is 11.7. The molecule has 0 aliphatic carbocycles. The number of hydrogen-bond acceptors (Lipinski definition) is 3. The maximum atomic E-state index is 13.4. The fourth-order valence-corrected chi connectivity index (χ4v) is 5.87. The van der Waals surface area contributed by atoms with Gasteiger partial charge in [0.2, 0.25) is 0 Å². The molecule has 0 aliphatic heterocycles. The maximum Gasteiger partial charge on any atom is 0.261 e. The average Bonchev–Trinajstić information content (AvgIpc) is 2.78. The number of fused-ring (bicyclic) bond motifs is 2. The summed E-state index contributed by atoms with van der Waals surface area (Å²) in [5.74, 6) is 0.356. The molecular weight excluding hydrogens is 390 g/mol. The van der Waals surface area contributed by atoms with E-state index in [1.54, 1.807) is 11.3 Å². The van der Waals surface area contributed by atoms with Crippen LogP contribution in [0.1, 0.15) is 39.5 Å². The normalized spacial score (nSPS) is 13.1. The highest BCUT2D eigenvalue weighted by Gasteiger charge is 2.19. The lowest BCUT2D eigenvalue weighted by atomic mass is 9.96. The first-order chi connectivity index (χ1) is 14.6. The zero-order valence-electron chi connectivity index (χ0n) is 17.4. The molecule has 5 rings (SSSR count). The second-order valence-electron chi connectivity index (χ2n) is 8.26. The molecule has 0 saturated carbocycles. The van der Waals surface area contributed by atoms with Gasteiger partial charge >= 0.3 is 0 Å². The standard InChI is InChI=1S/C26H25NO2S/c1-3-5-8-16(4-2)15-27-25(28)19-12-11-18-17-9-6-7-10-21(17)30-22-14-13-20(26(27)29)23(19)24(18)22/h6-7,9-14,16H,3-5,8,15H2,1-2H3. The minimum atomic E-state index is -0.144. The summed E-state index contributed by atoms with van der Waals surface area (Å²) in [6.45, 7) is 4.83. The zero-order valence-corrected chi connectivity index (χ0v) is 18.2. The van der Waals surface area contributed by atoms with Crippen LogP contribution in [0.5, 0.6) is 0 Å². The van der Waals surface area contributed by atoms with Crippen LogP contribution in [0.3, 0.4) is 0 Å². The van der Waals surface area contributed by atoms with E-state index < -0.39 is 0 Å². The van der Waals surface area contributed by atoms with Gasteiger partial charge in [-0.25, -0.2) is 0 Å². The van der Waals surface area contributed by atoms with Crippen LogP contribution in [-0.4, -0.2) is 4.57 Å². The smallest absolute Gasteiger partial charge is 0.261 e. The average molecular weight is 416 g/mol. The van der Waals surface area contributed by atoms with Crippen LogP contribution in [0.25, 0.3) is 41.7 Å². The third kappa shape index (κ3) is 2.85. The lowest BCUT2D eigenvalue weighted by Gasteiger charge is -2.18. The van der Waals surface area contributed by atoms with Crippen LogP contribution >= 0.6 is 11.3 Å². The van der Waals surface area contributed by atoms with E-state index in [-0.39, 0.29) is 11.1 Å². The van der Waals surface area contributed by atoms with Gasteiger partial charge < -0.3 is 0 Å². The zero-order chi connectivity index (χ0) is 20.8. The molecule has 4 heteroatoms. The lowest BCUT2D eigenvalue weighted by Crippen LogP contribution is -2.35. The number of rotatable bonds is 6. The minimum Gasteiger partial charge on any atom is -0.274 e. The first kappa shape index (κ1) is 19.3. The van der Waals surface area contributed by atoms with Crippen molar-refractivity contribution in [1.29, 1.82) is 0 Å². The third-order valence-electron chi connectivity index (χ3n) is 6.45. The van der Waals surface area contributed by atoms with Crippen LogP contribution in [-0.2, 0) is 6.54 Å². The van der Waals surface area contributed by atoms with Crippen molar-refractivity contribution < 1.29 is 0 Å². The number of hydrogen-bond donors (Lipinski definition) is 0. The van der Waals surface area contributed by atoms with E-state index in [0.29, 0.717) is 23.2 Å². The van der Waals surface area contributed by atoms with Gasteiger partial charge in [-0.05, 0) is 47.4 Å². The van der Waals surface area contributed by atoms with Crippen molar-refractivity contribution in [1.82, 2.24) is 4.57 Å². The largest absolute Gasteiger partial charge is 0.274 e. The highest BCUT2D eigenvalue weighted by atomic mass is 32.1. The topological polar surface area (TPSA) is 39.1 Å². The summed E-state index contributed by atoms with van der Waals surface area (Å²) in [5, 5.41) is 5.49. The summed E-state index contributed by atoms with van der Waals surface area (Å²) < 4.78 is 3.82. The molecule has 2 heterocycles. The van der Waals surface area contributed by atoms with Gasteiger partial charge in [0, 0.05) is 37.5 Å². The molecule has 3 nitrogen and oxygen atoms in total. The van der Waals surface area contributed by atoms with E-state index in [4.69, 9.17) is 0 Å². The lowest BCUT2D eigenvalue weighted by molar-refractivity contribution is 0.382. The van der Waals surface area contributed by atoms with Crippen LogP contribution in [0.15, 0.2) is 58.1 Å². The van der Waals surface area contributed by atoms with Gasteiger partial charge in [-0.2, -0.15) is 0 Å². The minimum absolute atomic E-state index is 0.144. The Morgan fingerprint density at radius 3 is 2.23 bits per heavy atom. The molecule has 1 unspecified atom stereocenters. The van der Waals surface area contributed by atoms with Gasteiger partial charge in [0.25, 0.3) is 11.1 Å². The fourth-order valence-electron chi connectivity index (χ4n) is 4.75. The predicted octanol–water partition coefficient (Wildman–Crippen LogP) is 6.54. The Balaban J connectivity index is 1.82. The SMILES string of the molecule is CCCCC(CC)Cn1c(=O)c2ccc3sc4ccccc4c4ccc(c1=O)c2c34. The summed E-state index contributed by atoms with van der Waals surface area (Å²) in [6, 6.07) is 16.3. The van der Waals surface area contributed by atoms with E-state index in [1.807, 2.05) is 30.3 Å². The molecule has 0 amide bonds. The van der Waals surface area contributed by atoms with Crippen molar-refractivity contribution in [2.24, 2.45) is 5.92 Å². The number of pyridine rings is 1. The summed E-state index contributed by atoms with van der Waals surface area (Å²) in [5.41, 5.74) is -0.287. The molecular formula is C26H25NO2S. The first-order valence-electron chi connectivity index (χ1n) is 10.9. The molecule has 0 aliphatic rings. The van der Waals surface area contributed by atoms with Gasteiger partial charge in [-0.1, -0.05) is 57.4 Å².